The Bertz CT molecular complexity index is 900. The first-order valence-corrected chi connectivity index (χ1v) is 8.80. The highest BCUT2D eigenvalue weighted by Crippen LogP contribution is 2.37. The molecule has 134 valence electrons. The van der Waals surface area contributed by atoms with Gasteiger partial charge in [-0.2, -0.15) is 0 Å². The molecule has 8 heteroatoms. The predicted molar refractivity (Wildman–Crippen MR) is 94.4 cm³/mol. The fourth-order valence-corrected chi connectivity index (χ4v) is 3.47. The summed E-state index contributed by atoms with van der Waals surface area (Å²) in [6.07, 6.45) is 6.31. The van der Waals surface area contributed by atoms with E-state index in [0.29, 0.717) is 12.4 Å². The second-order valence-corrected chi connectivity index (χ2v) is 6.72. The minimum Gasteiger partial charge on any atom is -0.337 e. The van der Waals surface area contributed by atoms with Crippen molar-refractivity contribution in [1.29, 1.82) is 0 Å². The molecule has 26 heavy (non-hydrogen) atoms. The van der Waals surface area contributed by atoms with Crippen LogP contribution in [0.2, 0.25) is 0 Å². The van der Waals surface area contributed by atoms with Crippen molar-refractivity contribution in [1.82, 2.24) is 34.7 Å². The number of aryl methyl sites for hydroxylation is 1. The Labute approximate surface area is 151 Å². The van der Waals surface area contributed by atoms with Crippen LogP contribution >= 0.6 is 0 Å². The minimum absolute atomic E-state index is 0.0366. The van der Waals surface area contributed by atoms with Gasteiger partial charge in [-0.3, -0.25) is 4.79 Å². The number of fused-ring (bicyclic) bond motifs is 1. The molecule has 1 atom stereocenters. The molecule has 0 fully saturated rings. The molecular weight excluding hydrogens is 330 g/mol. The molecular formula is C18H21N7O. The monoisotopic (exact) mass is 351 g/mol. The smallest absolute Gasteiger partial charge is 0.255 e. The van der Waals surface area contributed by atoms with Crippen LogP contribution in [0.4, 0.5) is 0 Å². The Morgan fingerprint density at radius 3 is 2.81 bits per heavy atom. The van der Waals surface area contributed by atoms with E-state index in [-0.39, 0.29) is 18.0 Å². The Morgan fingerprint density at radius 2 is 2.04 bits per heavy atom. The zero-order chi connectivity index (χ0) is 18.1. The number of benzene rings is 1. The summed E-state index contributed by atoms with van der Waals surface area (Å²) in [4.78, 5) is 18.9. The lowest BCUT2D eigenvalue weighted by Gasteiger charge is -2.25. The van der Waals surface area contributed by atoms with Gasteiger partial charge < -0.3 is 9.47 Å². The summed E-state index contributed by atoms with van der Waals surface area (Å²) in [5, 5.41) is 12.2. The normalized spacial score (nSPS) is 16.5. The highest BCUT2D eigenvalue weighted by atomic mass is 16.2. The number of hydrogen-bond donors (Lipinski definition) is 0. The summed E-state index contributed by atoms with van der Waals surface area (Å²) < 4.78 is 3.81. The van der Waals surface area contributed by atoms with Crippen LogP contribution in [-0.2, 0) is 6.54 Å². The van der Waals surface area contributed by atoms with Crippen LogP contribution in [0.15, 0.2) is 43.0 Å². The summed E-state index contributed by atoms with van der Waals surface area (Å²) in [5.41, 5.74) is 1.70. The number of nitrogens with zero attached hydrogens (tertiary/aromatic N) is 7. The van der Waals surface area contributed by atoms with E-state index in [9.17, 15) is 4.79 Å². The Morgan fingerprint density at radius 1 is 1.19 bits per heavy atom. The molecule has 0 bridgehead atoms. The molecule has 1 amide bonds. The maximum Gasteiger partial charge on any atom is 0.255 e. The average Bonchev–Trinajstić information content (AvgIpc) is 3.36. The molecule has 3 aromatic rings. The predicted octanol–water partition coefficient (Wildman–Crippen LogP) is 2.09. The minimum atomic E-state index is -0.251. The number of tetrazole rings is 1. The lowest BCUT2D eigenvalue weighted by Crippen LogP contribution is -2.32. The number of aromatic nitrogens is 6. The van der Waals surface area contributed by atoms with Gasteiger partial charge >= 0.3 is 0 Å². The van der Waals surface area contributed by atoms with Gasteiger partial charge in [-0.1, -0.05) is 18.2 Å². The number of hydrogen-bond acceptors (Lipinski definition) is 5. The molecule has 1 aliphatic rings. The molecule has 1 unspecified atom stereocenters. The third kappa shape index (κ3) is 2.77. The van der Waals surface area contributed by atoms with Crippen molar-refractivity contribution in [3.8, 4) is 0 Å². The number of imidazole rings is 1. The van der Waals surface area contributed by atoms with Crippen molar-refractivity contribution in [3.63, 3.8) is 0 Å². The molecule has 1 aliphatic heterocycles. The van der Waals surface area contributed by atoms with Gasteiger partial charge in [0.15, 0.2) is 5.82 Å². The summed E-state index contributed by atoms with van der Waals surface area (Å²) in [6, 6.07) is 7.60. The molecule has 0 N–H and O–H groups in total. The van der Waals surface area contributed by atoms with Gasteiger partial charge in [-0.05, 0) is 42.3 Å². The summed E-state index contributed by atoms with van der Waals surface area (Å²) in [7, 11) is 0. The standard InChI is InChI=1S/C18H21N7O/c1-13(2)25-17(20-21-22-25)16-14-6-3-4-7-15(14)18(26)24(16)10-5-9-23-11-8-19-12-23/h3-4,6-8,11-13,16H,5,9-10H2,1-2H3. The summed E-state index contributed by atoms with van der Waals surface area (Å²) in [6.45, 7) is 5.50. The fourth-order valence-electron chi connectivity index (χ4n) is 3.47. The number of amides is 1. The highest BCUT2D eigenvalue weighted by Gasteiger charge is 2.40. The lowest BCUT2D eigenvalue weighted by molar-refractivity contribution is 0.0736. The molecule has 0 saturated carbocycles. The van der Waals surface area contributed by atoms with Crippen molar-refractivity contribution in [3.05, 3.63) is 59.9 Å². The second kappa shape index (κ2) is 6.70. The van der Waals surface area contributed by atoms with Crippen molar-refractivity contribution in [2.24, 2.45) is 0 Å². The first-order chi connectivity index (χ1) is 12.7. The third-order valence-electron chi connectivity index (χ3n) is 4.68. The van der Waals surface area contributed by atoms with E-state index in [4.69, 9.17) is 0 Å². The van der Waals surface area contributed by atoms with E-state index in [1.807, 2.05) is 53.8 Å². The summed E-state index contributed by atoms with van der Waals surface area (Å²) in [5.74, 6) is 0.746. The quantitative estimate of drug-likeness (QED) is 0.679. The van der Waals surface area contributed by atoms with E-state index in [1.165, 1.54) is 0 Å². The molecule has 0 aliphatic carbocycles. The van der Waals surface area contributed by atoms with Gasteiger partial charge in [0.2, 0.25) is 0 Å². The van der Waals surface area contributed by atoms with E-state index in [2.05, 4.69) is 20.5 Å². The van der Waals surface area contributed by atoms with Crippen LogP contribution in [-0.4, -0.2) is 47.1 Å². The van der Waals surface area contributed by atoms with Gasteiger partial charge in [0.05, 0.1) is 12.4 Å². The number of carbonyl (C=O) groups is 1. The van der Waals surface area contributed by atoms with Crippen LogP contribution in [0, 0.1) is 0 Å². The van der Waals surface area contributed by atoms with Gasteiger partial charge in [0.25, 0.3) is 5.91 Å². The topological polar surface area (TPSA) is 81.7 Å². The summed E-state index contributed by atoms with van der Waals surface area (Å²) >= 11 is 0. The molecule has 1 aromatic carbocycles. The first kappa shape index (κ1) is 16.4. The number of carbonyl (C=O) groups excluding carboxylic acids is 1. The van der Waals surface area contributed by atoms with Gasteiger partial charge in [-0.15, -0.1) is 5.10 Å². The van der Waals surface area contributed by atoms with Gasteiger partial charge in [0.1, 0.15) is 6.04 Å². The fraction of sp³-hybridized carbons (Fsp3) is 0.389. The molecule has 2 aromatic heterocycles. The maximum absolute atomic E-state index is 13.0. The molecule has 8 nitrogen and oxygen atoms in total. The van der Waals surface area contributed by atoms with Crippen molar-refractivity contribution >= 4 is 5.91 Å². The Hall–Kier alpha value is -3.03. The van der Waals surface area contributed by atoms with E-state index >= 15 is 0 Å². The second-order valence-electron chi connectivity index (χ2n) is 6.72. The van der Waals surface area contributed by atoms with E-state index in [0.717, 1.165) is 24.1 Å². The zero-order valence-corrected chi connectivity index (χ0v) is 14.9. The number of rotatable bonds is 6. The largest absolute Gasteiger partial charge is 0.337 e. The van der Waals surface area contributed by atoms with Crippen LogP contribution in [0.1, 0.15) is 54.1 Å². The van der Waals surface area contributed by atoms with Crippen molar-refractivity contribution in [2.75, 3.05) is 6.54 Å². The van der Waals surface area contributed by atoms with Crippen molar-refractivity contribution in [2.45, 2.75) is 38.9 Å². The average molecular weight is 351 g/mol. The van der Waals surface area contributed by atoms with Crippen LogP contribution in [0.3, 0.4) is 0 Å². The third-order valence-corrected chi connectivity index (χ3v) is 4.68. The van der Waals surface area contributed by atoms with Gasteiger partial charge in [0, 0.05) is 31.0 Å². The van der Waals surface area contributed by atoms with Gasteiger partial charge in [-0.25, -0.2) is 9.67 Å². The first-order valence-electron chi connectivity index (χ1n) is 8.80. The zero-order valence-electron chi connectivity index (χ0n) is 14.9. The lowest BCUT2D eigenvalue weighted by atomic mass is 10.0. The van der Waals surface area contributed by atoms with Crippen LogP contribution < -0.4 is 0 Å². The highest BCUT2D eigenvalue weighted by molar-refractivity contribution is 5.99. The maximum atomic E-state index is 13.0. The molecule has 0 saturated heterocycles. The van der Waals surface area contributed by atoms with E-state index < -0.39 is 0 Å². The van der Waals surface area contributed by atoms with Crippen LogP contribution in [0.5, 0.6) is 0 Å². The molecule has 3 heterocycles. The molecule has 0 spiro atoms. The Kier molecular flexibility index (Phi) is 4.24. The van der Waals surface area contributed by atoms with Crippen molar-refractivity contribution < 1.29 is 4.79 Å². The Balaban J connectivity index is 1.65. The van der Waals surface area contributed by atoms with E-state index in [1.54, 1.807) is 17.2 Å². The molecule has 0 radical (unpaired) electrons. The SMILES string of the molecule is CC(C)n1nnnc1C1c2ccccc2C(=O)N1CCCn1ccnc1. The molecule has 4 rings (SSSR count). The van der Waals surface area contributed by atoms with Crippen LogP contribution in [0.25, 0.3) is 0 Å².